The fraction of sp³-hybridized carbons (Fsp3) is 0.308. The zero-order valence-electron chi connectivity index (χ0n) is 9.47. The minimum absolute atomic E-state index is 0.0310. The predicted molar refractivity (Wildman–Crippen MR) is 64.5 cm³/mol. The number of aliphatic hydroxyl groups is 1. The highest BCUT2D eigenvalue weighted by Crippen LogP contribution is 2.18. The second-order valence-corrected chi connectivity index (χ2v) is 4.14. The van der Waals surface area contributed by atoms with E-state index in [4.69, 9.17) is 0 Å². The highest BCUT2D eigenvalue weighted by atomic mass is 16.3. The molecule has 0 aliphatic rings. The molecule has 84 valence electrons. The van der Waals surface area contributed by atoms with Gasteiger partial charge in [-0.3, -0.25) is 4.79 Å². The molecular formula is C13H15NO2. The van der Waals surface area contributed by atoms with Crippen LogP contribution in [0.1, 0.15) is 25.6 Å². The van der Waals surface area contributed by atoms with Crippen molar-refractivity contribution in [2.24, 2.45) is 0 Å². The van der Waals surface area contributed by atoms with Gasteiger partial charge in [-0.2, -0.15) is 0 Å². The van der Waals surface area contributed by atoms with Gasteiger partial charge in [-0.05, 0) is 26.0 Å². The van der Waals surface area contributed by atoms with E-state index in [0.717, 1.165) is 5.52 Å². The van der Waals surface area contributed by atoms with E-state index in [9.17, 15) is 9.90 Å². The molecule has 16 heavy (non-hydrogen) atoms. The summed E-state index contributed by atoms with van der Waals surface area (Å²) < 4.78 is 2.00. The Balaban J connectivity index is 2.93. The molecule has 0 amide bonds. The van der Waals surface area contributed by atoms with Gasteiger partial charge >= 0.3 is 0 Å². The SMILES string of the molecule is CC(C)n1c(CO)cc(=O)c2ccccc21. The van der Waals surface area contributed by atoms with Crippen LogP contribution in [0.5, 0.6) is 0 Å². The summed E-state index contributed by atoms with van der Waals surface area (Å²) in [6.07, 6.45) is 0. The average molecular weight is 217 g/mol. The summed E-state index contributed by atoms with van der Waals surface area (Å²) in [5.41, 5.74) is 1.52. The van der Waals surface area contributed by atoms with Crippen molar-refractivity contribution in [1.29, 1.82) is 0 Å². The normalized spacial score (nSPS) is 11.2. The van der Waals surface area contributed by atoms with Gasteiger partial charge in [0.05, 0.1) is 12.1 Å². The minimum Gasteiger partial charge on any atom is -0.390 e. The lowest BCUT2D eigenvalue weighted by atomic mass is 10.1. The second-order valence-electron chi connectivity index (χ2n) is 4.14. The van der Waals surface area contributed by atoms with E-state index in [2.05, 4.69) is 0 Å². The molecule has 0 radical (unpaired) electrons. The first-order valence-corrected chi connectivity index (χ1v) is 5.39. The Kier molecular flexibility index (Phi) is 2.79. The van der Waals surface area contributed by atoms with Crippen LogP contribution >= 0.6 is 0 Å². The number of pyridine rings is 1. The quantitative estimate of drug-likeness (QED) is 0.836. The molecule has 3 heteroatoms. The molecule has 1 aromatic carbocycles. The van der Waals surface area contributed by atoms with Crippen LogP contribution in [-0.4, -0.2) is 9.67 Å². The van der Waals surface area contributed by atoms with Gasteiger partial charge in [-0.1, -0.05) is 12.1 Å². The van der Waals surface area contributed by atoms with Gasteiger partial charge in [-0.25, -0.2) is 0 Å². The molecule has 0 atom stereocenters. The second kappa shape index (κ2) is 4.10. The monoisotopic (exact) mass is 217 g/mol. The number of aliphatic hydroxyl groups excluding tert-OH is 1. The number of aromatic nitrogens is 1. The van der Waals surface area contributed by atoms with Crippen molar-refractivity contribution < 1.29 is 5.11 Å². The Morgan fingerprint density at radius 2 is 2.00 bits per heavy atom. The maximum Gasteiger partial charge on any atom is 0.189 e. The summed E-state index contributed by atoms with van der Waals surface area (Å²) in [7, 11) is 0. The Bertz CT molecular complexity index is 570. The molecule has 2 rings (SSSR count). The zero-order chi connectivity index (χ0) is 11.7. The van der Waals surface area contributed by atoms with Crippen molar-refractivity contribution in [2.75, 3.05) is 0 Å². The maximum atomic E-state index is 11.8. The predicted octanol–water partition coefficient (Wildman–Crippen LogP) is 2.07. The molecule has 0 unspecified atom stereocenters. The summed E-state index contributed by atoms with van der Waals surface area (Å²) in [5.74, 6) is 0. The number of benzene rings is 1. The third-order valence-electron chi connectivity index (χ3n) is 2.71. The van der Waals surface area contributed by atoms with E-state index in [1.807, 2.05) is 42.7 Å². The van der Waals surface area contributed by atoms with Crippen LogP contribution in [-0.2, 0) is 6.61 Å². The first-order valence-electron chi connectivity index (χ1n) is 5.39. The third kappa shape index (κ3) is 1.63. The van der Waals surface area contributed by atoms with Gasteiger partial charge in [0.25, 0.3) is 0 Å². The largest absolute Gasteiger partial charge is 0.390 e. The van der Waals surface area contributed by atoms with Crippen LogP contribution in [0.3, 0.4) is 0 Å². The Morgan fingerprint density at radius 1 is 1.31 bits per heavy atom. The van der Waals surface area contributed by atoms with Crippen molar-refractivity contribution in [2.45, 2.75) is 26.5 Å². The maximum absolute atomic E-state index is 11.8. The van der Waals surface area contributed by atoms with Crippen molar-refractivity contribution in [3.8, 4) is 0 Å². The van der Waals surface area contributed by atoms with Crippen LogP contribution < -0.4 is 5.43 Å². The van der Waals surface area contributed by atoms with E-state index in [-0.39, 0.29) is 18.1 Å². The lowest BCUT2D eigenvalue weighted by Gasteiger charge is -2.18. The number of hydrogen-bond donors (Lipinski definition) is 1. The number of hydrogen-bond acceptors (Lipinski definition) is 2. The molecule has 0 saturated carbocycles. The molecule has 0 spiro atoms. The number of para-hydroxylation sites is 1. The third-order valence-corrected chi connectivity index (χ3v) is 2.71. The number of fused-ring (bicyclic) bond motifs is 1. The molecule has 2 aromatic rings. The number of nitrogens with zero attached hydrogens (tertiary/aromatic N) is 1. The van der Waals surface area contributed by atoms with Crippen LogP contribution in [0.4, 0.5) is 0 Å². The van der Waals surface area contributed by atoms with E-state index in [0.29, 0.717) is 11.1 Å². The summed E-state index contributed by atoms with van der Waals surface area (Å²) >= 11 is 0. The fourth-order valence-corrected chi connectivity index (χ4v) is 2.08. The molecular weight excluding hydrogens is 202 g/mol. The molecule has 0 aliphatic heterocycles. The van der Waals surface area contributed by atoms with Gasteiger partial charge in [0.15, 0.2) is 5.43 Å². The van der Waals surface area contributed by atoms with Crippen LogP contribution in [0.2, 0.25) is 0 Å². The summed E-state index contributed by atoms with van der Waals surface area (Å²) in [5, 5.41) is 9.99. The number of rotatable bonds is 2. The van der Waals surface area contributed by atoms with E-state index < -0.39 is 0 Å². The van der Waals surface area contributed by atoms with E-state index >= 15 is 0 Å². The average Bonchev–Trinajstić information content (AvgIpc) is 2.28. The highest BCUT2D eigenvalue weighted by molar-refractivity contribution is 5.79. The smallest absolute Gasteiger partial charge is 0.189 e. The Labute approximate surface area is 94.0 Å². The zero-order valence-corrected chi connectivity index (χ0v) is 9.47. The van der Waals surface area contributed by atoms with E-state index in [1.54, 1.807) is 0 Å². The van der Waals surface area contributed by atoms with Gasteiger partial charge < -0.3 is 9.67 Å². The molecule has 1 aromatic heterocycles. The van der Waals surface area contributed by atoms with Crippen LogP contribution in [0, 0.1) is 0 Å². The fourth-order valence-electron chi connectivity index (χ4n) is 2.08. The van der Waals surface area contributed by atoms with Crippen molar-refractivity contribution in [3.63, 3.8) is 0 Å². The molecule has 0 saturated heterocycles. The van der Waals surface area contributed by atoms with Gasteiger partial charge in [0.1, 0.15) is 0 Å². The summed E-state index contributed by atoms with van der Waals surface area (Å²) in [4.78, 5) is 11.8. The molecule has 3 nitrogen and oxygen atoms in total. The van der Waals surface area contributed by atoms with Crippen molar-refractivity contribution in [3.05, 3.63) is 46.2 Å². The summed E-state index contributed by atoms with van der Waals surface area (Å²) in [6, 6.07) is 9.22. The lowest BCUT2D eigenvalue weighted by Crippen LogP contribution is -2.15. The molecule has 1 N–H and O–H groups in total. The van der Waals surface area contributed by atoms with Gasteiger partial charge in [0, 0.05) is 23.2 Å². The first-order chi connectivity index (χ1) is 7.65. The van der Waals surface area contributed by atoms with Crippen LogP contribution in [0.25, 0.3) is 10.9 Å². The topological polar surface area (TPSA) is 42.2 Å². The standard InChI is InChI=1S/C13H15NO2/c1-9(2)14-10(8-15)7-13(16)11-5-3-4-6-12(11)14/h3-7,9,15H,8H2,1-2H3. The Morgan fingerprint density at radius 3 is 2.62 bits per heavy atom. The molecule has 1 heterocycles. The highest BCUT2D eigenvalue weighted by Gasteiger charge is 2.09. The van der Waals surface area contributed by atoms with Gasteiger partial charge in [0.2, 0.25) is 0 Å². The van der Waals surface area contributed by atoms with Crippen LogP contribution in [0.15, 0.2) is 35.1 Å². The van der Waals surface area contributed by atoms with Crippen molar-refractivity contribution in [1.82, 2.24) is 4.57 Å². The lowest BCUT2D eigenvalue weighted by molar-refractivity contribution is 0.268. The minimum atomic E-state index is -0.113. The van der Waals surface area contributed by atoms with Gasteiger partial charge in [-0.15, -0.1) is 0 Å². The van der Waals surface area contributed by atoms with Crippen molar-refractivity contribution >= 4 is 10.9 Å². The molecule has 0 bridgehead atoms. The first kappa shape index (κ1) is 10.9. The summed E-state index contributed by atoms with van der Waals surface area (Å²) in [6.45, 7) is 3.96. The Hall–Kier alpha value is -1.61. The molecule has 0 aliphatic carbocycles. The molecule has 0 fully saturated rings. The van der Waals surface area contributed by atoms with E-state index in [1.165, 1.54) is 6.07 Å².